The van der Waals surface area contributed by atoms with Crippen molar-refractivity contribution >= 4 is 0 Å². The van der Waals surface area contributed by atoms with Crippen LogP contribution in [0, 0.1) is 0 Å². The van der Waals surface area contributed by atoms with Crippen molar-refractivity contribution in [1.29, 1.82) is 0 Å². The van der Waals surface area contributed by atoms with E-state index in [0.29, 0.717) is 0 Å². The van der Waals surface area contributed by atoms with Gasteiger partial charge in [0.2, 0.25) is 0 Å². The van der Waals surface area contributed by atoms with Crippen molar-refractivity contribution in [3.8, 4) is 0 Å². The van der Waals surface area contributed by atoms with Gasteiger partial charge in [-0.15, -0.1) is 0 Å². The van der Waals surface area contributed by atoms with Gasteiger partial charge in [-0.05, 0) is 0 Å². The van der Waals surface area contributed by atoms with E-state index in [-0.39, 0.29) is 204 Å². The van der Waals surface area contributed by atoms with Crippen LogP contribution in [-0.4, -0.2) is 93.1 Å². The van der Waals surface area contributed by atoms with Crippen LogP contribution in [-0.2, 0) is 111 Å². The van der Waals surface area contributed by atoms with Gasteiger partial charge in [0.25, 0.3) is 0 Å². The van der Waals surface area contributed by atoms with Gasteiger partial charge in [0.05, 0.1) is 0 Å². The molecule has 23 heteroatoms. The second-order valence-electron chi connectivity index (χ2n) is 0. The maximum atomic E-state index is 0. The number of hydrogen-bond donors (Lipinski definition) is 0. The second kappa shape index (κ2) is 1760. The van der Waals surface area contributed by atoms with Crippen LogP contribution in [0.15, 0.2) is 0 Å². The van der Waals surface area contributed by atoms with Crippen LogP contribution in [0.4, 0.5) is 0 Å². The monoisotopic (exact) mass is 612 g/mol. The minimum Gasteiger partial charge on any atom is -0.412 e. The topological polar surface area (TPSA) is 536 Å². The Balaban J connectivity index is 0. The Bertz CT molecular complexity index is 19.0. The fraction of sp³-hybridized carbons (Fsp3) is 0. The first-order valence-corrected chi connectivity index (χ1v) is 0. The maximum absolute atomic E-state index is 0. The Hall–Kier alpha value is 2.83. The summed E-state index contributed by atoms with van der Waals surface area (Å²) in [6.07, 6.45) is 0. The van der Waals surface area contributed by atoms with Gasteiger partial charge in [0, 0.05) is 111 Å². The molecule has 0 aromatic carbocycles. The first kappa shape index (κ1) is 1990. The van der Waals surface area contributed by atoms with Crippen molar-refractivity contribution in [3.63, 3.8) is 0 Å². The molecule has 0 amide bonds. The number of hydrogen-bond acceptors (Lipinski definition) is 0. The smallest absolute Gasteiger partial charge is 0 e. The predicted molar refractivity (Wildman–Crippen MR) is 61.4 cm³/mol. The first-order chi connectivity index (χ1) is 0. The maximum Gasteiger partial charge on any atom is 0 e. The molecule has 0 aromatic heterocycles. The van der Waals surface area contributed by atoms with E-state index < -0.39 is 0 Å². The normalized spacial score (nSPS) is 0. The molecule has 23 heavy (non-hydrogen) atoms. The fourth-order valence-electron chi connectivity index (χ4n) is 0. The molecular formula is H34O17V6. The van der Waals surface area contributed by atoms with E-state index >= 15 is 0 Å². The molecule has 0 saturated heterocycles. The summed E-state index contributed by atoms with van der Waals surface area (Å²) in [4.78, 5) is 0. The van der Waals surface area contributed by atoms with Gasteiger partial charge in [0.15, 0.2) is 0 Å². The third kappa shape index (κ3) is 1620. The molecule has 166 valence electrons. The van der Waals surface area contributed by atoms with Gasteiger partial charge in [-0.1, -0.05) is 0 Å². The van der Waals surface area contributed by atoms with E-state index in [9.17, 15) is 0 Å². The predicted octanol–water partition coefficient (Wildman–Crippen LogP) is -14.0. The molecule has 0 rings (SSSR count). The van der Waals surface area contributed by atoms with Crippen molar-refractivity contribution in [2.24, 2.45) is 0 Å². The van der Waals surface area contributed by atoms with Crippen molar-refractivity contribution in [1.82, 2.24) is 0 Å². The quantitative estimate of drug-likeness (QED) is 0.246. The Morgan fingerprint density at radius 2 is 0.0870 bits per heavy atom. The van der Waals surface area contributed by atoms with Gasteiger partial charge in [-0.25, -0.2) is 0 Å². The molecule has 34 N–H and O–H groups in total. The van der Waals surface area contributed by atoms with Crippen molar-refractivity contribution in [2.45, 2.75) is 0 Å². The summed E-state index contributed by atoms with van der Waals surface area (Å²) in [6.45, 7) is 0. The van der Waals surface area contributed by atoms with Crippen LogP contribution < -0.4 is 0 Å². The van der Waals surface area contributed by atoms with Crippen LogP contribution in [0.25, 0.3) is 0 Å². The fourth-order valence-corrected chi connectivity index (χ4v) is 0. The second-order valence-corrected chi connectivity index (χ2v) is 0. The average Bonchev–Trinajstić information content (AvgIpc) is 0. The van der Waals surface area contributed by atoms with Crippen LogP contribution >= 0.6 is 0 Å². The third-order valence-electron chi connectivity index (χ3n) is 0. The molecule has 0 aliphatic heterocycles. The zero-order valence-electron chi connectivity index (χ0n) is 11.2. The van der Waals surface area contributed by atoms with E-state index in [1.807, 2.05) is 0 Å². The van der Waals surface area contributed by atoms with Crippen LogP contribution in [0.5, 0.6) is 0 Å². The molecule has 0 bridgehead atoms. The van der Waals surface area contributed by atoms with Crippen LogP contribution in [0.1, 0.15) is 0 Å². The molecule has 0 aliphatic rings. The molecule has 0 aromatic rings. The molecule has 0 aliphatic carbocycles. The summed E-state index contributed by atoms with van der Waals surface area (Å²) in [5.74, 6) is 0. The summed E-state index contributed by atoms with van der Waals surface area (Å²) in [6, 6.07) is 0. The SMILES string of the molecule is O.O.O.O.O.O.O.O.O.O.O.O.O.O.O.O.O.[V].[V].[V].[V].[V].[V]. The van der Waals surface area contributed by atoms with Crippen LogP contribution in [0.3, 0.4) is 0 Å². The molecule has 0 unspecified atom stereocenters. The van der Waals surface area contributed by atoms with Gasteiger partial charge in [0.1, 0.15) is 0 Å². The summed E-state index contributed by atoms with van der Waals surface area (Å²) in [7, 11) is 0. The zero-order chi connectivity index (χ0) is 0. The summed E-state index contributed by atoms with van der Waals surface area (Å²) in [5.41, 5.74) is 0. The van der Waals surface area contributed by atoms with Crippen molar-refractivity contribution < 1.29 is 204 Å². The van der Waals surface area contributed by atoms with Gasteiger partial charge in [-0.3, -0.25) is 0 Å². The molecular weight excluding hydrogens is 578 g/mol. The minimum atomic E-state index is 0. The van der Waals surface area contributed by atoms with E-state index in [1.165, 1.54) is 0 Å². The van der Waals surface area contributed by atoms with Crippen LogP contribution in [0.2, 0.25) is 0 Å². The Morgan fingerprint density at radius 1 is 0.0870 bits per heavy atom. The van der Waals surface area contributed by atoms with Crippen molar-refractivity contribution in [2.75, 3.05) is 0 Å². The molecule has 0 atom stereocenters. The molecule has 6 radical (unpaired) electrons. The minimum absolute atomic E-state index is 0. The molecule has 0 heterocycles. The van der Waals surface area contributed by atoms with Crippen molar-refractivity contribution in [3.05, 3.63) is 0 Å². The summed E-state index contributed by atoms with van der Waals surface area (Å²) >= 11 is 0. The van der Waals surface area contributed by atoms with E-state index in [1.54, 1.807) is 0 Å². The molecule has 0 fully saturated rings. The largest absolute Gasteiger partial charge is 0.412 e. The molecule has 0 spiro atoms. The Kier molecular flexibility index (Phi) is 153000. The van der Waals surface area contributed by atoms with Gasteiger partial charge in [-0.2, -0.15) is 0 Å². The first-order valence-electron chi connectivity index (χ1n) is 0. The average molecular weight is 612 g/mol. The third-order valence-corrected chi connectivity index (χ3v) is 0. The number of rotatable bonds is 0. The Labute approximate surface area is 203 Å². The summed E-state index contributed by atoms with van der Waals surface area (Å²) < 4.78 is 0. The van der Waals surface area contributed by atoms with E-state index in [2.05, 4.69) is 0 Å². The Morgan fingerprint density at radius 3 is 0.0870 bits per heavy atom. The summed E-state index contributed by atoms with van der Waals surface area (Å²) in [5, 5.41) is 0. The molecule has 0 saturated carbocycles. The van der Waals surface area contributed by atoms with E-state index in [4.69, 9.17) is 0 Å². The standard InChI is InChI=1S/17H2O.6V/h17*1H2;;;;;;. The zero-order valence-corrected chi connectivity index (χ0v) is 19.6. The molecule has 17 nitrogen and oxygen atoms in total. The van der Waals surface area contributed by atoms with Gasteiger partial charge < -0.3 is 93.1 Å². The van der Waals surface area contributed by atoms with E-state index in [0.717, 1.165) is 0 Å². The van der Waals surface area contributed by atoms with Gasteiger partial charge >= 0.3 is 0 Å².